The van der Waals surface area contributed by atoms with Crippen LogP contribution >= 0.6 is 22.6 Å². The first-order valence-corrected chi connectivity index (χ1v) is 6.42. The summed E-state index contributed by atoms with van der Waals surface area (Å²) in [6.45, 7) is 0.0883. The molecule has 0 bridgehead atoms. The number of aryl methyl sites for hydroxylation is 1. The average Bonchev–Trinajstić information content (AvgIpc) is 2.76. The molecular weight excluding hydrogens is 369 g/mol. The van der Waals surface area contributed by atoms with Crippen molar-refractivity contribution in [3.05, 3.63) is 28.1 Å². The van der Waals surface area contributed by atoms with Gasteiger partial charge in [0.1, 0.15) is 9.62 Å². The monoisotopic (exact) mass is 381 g/mol. The van der Waals surface area contributed by atoms with Gasteiger partial charge in [-0.2, -0.15) is 0 Å². The van der Waals surface area contributed by atoms with E-state index >= 15 is 0 Å². The minimum Gasteiger partial charge on any atom is -0.468 e. The number of nitro groups is 1. The van der Waals surface area contributed by atoms with Gasteiger partial charge in [-0.15, -0.1) is 0 Å². The van der Waals surface area contributed by atoms with Gasteiger partial charge in [-0.05, 0) is 0 Å². The van der Waals surface area contributed by atoms with Crippen LogP contribution in [0.2, 0.25) is 0 Å². The maximum absolute atomic E-state index is 11.8. The Morgan fingerprint density at radius 2 is 2.26 bits per heavy atom. The Bertz CT molecular complexity index is 513. The number of carbonyl (C=O) groups is 2. The van der Waals surface area contributed by atoms with Crippen LogP contribution in [-0.2, 0) is 16.6 Å². The number of ether oxygens (including phenoxy) is 1. The van der Waals surface area contributed by atoms with Gasteiger partial charge in [-0.1, -0.05) is 22.6 Å². The van der Waals surface area contributed by atoms with Gasteiger partial charge in [0.15, 0.2) is 0 Å². The van der Waals surface area contributed by atoms with Crippen LogP contribution in [0.5, 0.6) is 0 Å². The lowest BCUT2D eigenvalue weighted by Crippen LogP contribution is -2.34. The molecule has 1 unspecified atom stereocenters. The fraction of sp³-hybridized carbons (Fsp3) is 0.400. The molecule has 0 aliphatic carbocycles. The SMILES string of the molecule is COC(=O)C(I)CNC(=O)c1cc([N+](=O)[O-])cn1C. The molecule has 0 saturated carbocycles. The van der Waals surface area contributed by atoms with Gasteiger partial charge in [-0.25, -0.2) is 0 Å². The van der Waals surface area contributed by atoms with Crippen molar-refractivity contribution in [3.63, 3.8) is 0 Å². The summed E-state index contributed by atoms with van der Waals surface area (Å²) in [6.07, 6.45) is 1.25. The molecule has 0 saturated heterocycles. The van der Waals surface area contributed by atoms with Crippen LogP contribution < -0.4 is 5.32 Å². The van der Waals surface area contributed by atoms with Crippen LogP contribution in [0, 0.1) is 10.1 Å². The lowest BCUT2D eigenvalue weighted by molar-refractivity contribution is -0.384. The lowest BCUT2D eigenvalue weighted by Gasteiger charge is -2.09. The number of esters is 1. The summed E-state index contributed by atoms with van der Waals surface area (Å²) in [5.41, 5.74) is -0.00759. The molecule has 9 heteroatoms. The minimum atomic E-state index is -0.577. The summed E-state index contributed by atoms with van der Waals surface area (Å²) in [5, 5.41) is 13.1. The Hall–Kier alpha value is -1.65. The Balaban J connectivity index is 2.68. The Labute approximate surface area is 122 Å². The van der Waals surface area contributed by atoms with Crippen molar-refractivity contribution < 1.29 is 19.2 Å². The number of rotatable bonds is 5. The van der Waals surface area contributed by atoms with E-state index < -0.39 is 20.7 Å². The number of nitrogens with one attached hydrogen (secondary N) is 1. The molecule has 0 aliphatic heterocycles. The second-order valence-corrected chi connectivity index (χ2v) is 5.16. The van der Waals surface area contributed by atoms with Crippen molar-refractivity contribution in [2.45, 2.75) is 3.92 Å². The summed E-state index contributed by atoms with van der Waals surface area (Å²) in [4.78, 5) is 33.0. The molecule has 1 rings (SSSR count). The molecule has 0 aliphatic rings. The predicted molar refractivity (Wildman–Crippen MR) is 74.2 cm³/mol. The first kappa shape index (κ1) is 15.4. The molecule has 0 radical (unpaired) electrons. The number of nitrogens with zero attached hydrogens (tertiary/aromatic N) is 2. The Kier molecular flexibility index (Phi) is 5.27. The lowest BCUT2D eigenvalue weighted by atomic mass is 10.3. The van der Waals surface area contributed by atoms with E-state index in [0.717, 1.165) is 0 Å². The fourth-order valence-corrected chi connectivity index (χ4v) is 1.83. The van der Waals surface area contributed by atoms with Gasteiger partial charge in [0, 0.05) is 19.7 Å². The third-order valence-electron chi connectivity index (χ3n) is 2.33. The third kappa shape index (κ3) is 3.91. The molecule has 0 spiro atoms. The molecule has 8 nitrogen and oxygen atoms in total. The van der Waals surface area contributed by atoms with E-state index in [-0.39, 0.29) is 17.9 Å². The van der Waals surface area contributed by atoms with Crippen LogP contribution in [0.25, 0.3) is 0 Å². The average molecular weight is 381 g/mol. The summed E-state index contributed by atoms with van der Waals surface area (Å²) >= 11 is 1.84. The highest BCUT2D eigenvalue weighted by Gasteiger charge is 2.20. The van der Waals surface area contributed by atoms with Gasteiger partial charge in [-0.3, -0.25) is 19.7 Å². The molecule has 1 amide bonds. The van der Waals surface area contributed by atoms with Gasteiger partial charge < -0.3 is 14.6 Å². The van der Waals surface area contributed by atoms with Crippen molar-refractivity contribution in [1.82, 2.24) is 9.88 Å². The first-order chi connectivity index (χ1) is 8.86. The van der Waals surface area contributed by atoms with Gasteiger partial charge in [0.2, 0.25) is 0 Å². The maximum Gasteiger partial charge on any atom is 0.320 e. The van der Waals surface area contributed by atoms with E-state index in [2.05, 4.69) is 10.1 Å². The molecule has 0 aromatic carbocycles. The van der Waals surface area contributed by atoms with E-state index in [1.54, 1.807) is 0 Å². The van der Waals surface area contributed by atoms with Crippen LogP contribution in [-0.4, -0.2) is 38.9 Å². The van der Waals surface area contributed by atoms with Crippen LogP contribution in [0.1, 0.15) is 10.5 Å². The molecule has 0 fully saturated rings. The molecule has 1 N–H and O–H groups in total. The van der Waals surface area contributed by atoms with Crippen LogP contribution in [0.3, 0.4) is 0 Å². The standard InChI is InChI=1S/C10H12IN3O5/c1-13-5-6(14(17)18)3-8(13)9(15)12-4-7(11)10(16)19-2/h3,5,7H,4H2,1-2H3,(H,12,15). The topological polar surface area (TPSA) is 103 Å². The summed E-state index contributed by atoms with van der Waals surface area (Å²) in [5.74, 6) is -0.931. The number of carbonyl (C=O) groups excluding carboxylic acids is 2. The smallest absolute Gasteiger partial charge is 0.320 e. The van der Waals surface area contributed by atoms with Crippen molar-refractivity contribution in [2.75, 3.05) is 13.7 Å². The molecule has 19 heavy (non-hydrogen) atoms. The van der Waals surface area contributed by atoms with Gasteiger partial charge in [0.25, 0.3) is 11.6 Å². The quantitative estimate of drug-likeness (QED) is 0.265. The van der Waals surface area contributed by atoms with Crippen LogP contribution in [0.15, 0.2) is 12.3 Å². The summed E-state index contributed by atoms with van der Waals surface area (Å²) in [7, 11) is 2.79. The number of hydrogen-bond acceptors (Lipinski definition) is 5. The highest BCUT2D eigenvalue weighted by molar-refractivity contribution is 14.1. The van der Waals surface area contributed by atoms with E-state index in [9.17, 15) is 19.7 Å². The number of hydrogen-bond donors (Lipinski definition) is 1. The highest BCUT2D eigenvalue weighted by atomic mass is 127. The first-order valence-electron chi connectivity index (χ1n) is 5.17. The highest BCUT2D eigenvalue weighted by Crippen LogP contribution is 2.15. The number of halogens is 1. The molecule has 1 heterocycles. The van der Waals surface area contributed by atoms with Crippen molar-refractivity contribution in [3.8, 4) is 0 Å². The van der Waals surface area contributed by atoms with Crippen LogP contribution in [0.4, 0.5) is 5.69 Å². The molecule has 1 atom stereocenters. The van der Waals surface area contributed by atoms with E-state index in [0.29, 0.717) is 0 Å². The van der Waals surface area contributed by atoms with Crippen molar-refractivity contribution in [2.24, 2.45) is 7.05 Å². The number of methoxy groups -OCH3 is 1. The molecule has 1 aromatic heterocycles. The second kappa shape index (κ2) is 6.50. The third-order valence-corrected chi connectivity index (χ3v) is 3.28. The summed E-state index contributed by atoms with van der Waals surface area (Å²) < 4.78 is 5.36. The normalized spacial score (nSPS) is 11.7. The Morgan fingerprint density at radius 1 is 1.63 bits per heavy atom. The largest absolute Gasteiger partial charge is 0.468 e. The van der Waals surface area contributed by atoms with E-state index in [1.807, 2.05) is 22.6 Å². The Morgan fingerprint density at radius 3 is 2.74 bits per heavy atom. The molecule has 1 aromatic rings. The number of aromatic nitrogens is 1. The van der Waals surface area contributed by atoms with E-state index in [4.69, 9.17) is 0 Å². The van der Waals surface area contributed by atoms with E-state index in [1.165, 1.54) is 31.0 Å². The zero-order valence-corrected chi connectivity index (χ0v) is 12.4. The number of alkyl halides is 1. The zero-order chi connectivity index (χ0) is 14.6. The van der Waals surface area contributed by atoms with Crippen molar-refractivity contribution in [1.29, 1.82) is 0 Å². The number of amides is 1. The summed E-state index contributed by atoms with van der Waals surface area (Å²) in [6, 6.07) is 1.18. The van der Waals surface area contributed by atoms with Gasteiger partial charge >= 0.3 is 5.97 Å². The zero-order valence-electron chi connectivity index (χ0n) is 10.3. The maximum atomic E-state index is 11.8. The minimum absolute atomic E-state index is 0.0883. The molecular formula is C10H12IN3O5. The second-order valence-electron chi connectivity index (χ2n) is 3.65. The van der Waals surface area contributed by atoms with Crippen molar-refractivity contribution >= 4 is 40.2 Å². The molecule has 104 valence electrons. The van der Waals surface area contributed by atoms with Gasteiger partial charge in [0.05, 0.1) is 18.2 Å². The predicted octanol–water partition coefficient (Wildman–Crippen LogP) is 0.640. The fourth-order valence-electron chi connectivity index (χ4n) is 1.36.